The number of aliphatic carboxylic acids is 1. The van der Waals surface area contributed by atoms with Crippen molar-refractivity contribution in [1.29, 1.82) is 5.26 Å². The normalized spacial score (nSPS) is 11.2. The minimum Gasteiger partial charge on any atom is -0.493 e. The van der Waals surface area contributed by atoms with Crippen LogP contribution in [0.4, 0.5) is 0 Å². The van der Waals surface area contributed by atoms with Gasteiger partial charge in [0.1, 0.15) is 11.5 Å². The van der Waals surface area contributed by atoms with Gasteiger partial charge in [-0.2, -0.15) is 5.26 Å². The Balaban J connectivity index is 1.62. The van der Waals surface area contributed by atoms with E-state index in [4.69, 9.17) is 21.1 Å². The number of rotatable bonds is 10. The molecule has 0 radical (unpaired) electrons. The molecule has 0 spiro atoms. The molecule has 1 N–H and O–H groups in total. The minimum atomic E-state index is -1.10. The average Bonchev–Trinajstić information content (AvgIpc) is 3.34. The molecule has 0 saturated carbocycles. The molecule has 3 aromatic carbocycles. The maximum absolute atomic E-state index is 12.2. The van der Waals surface area contributed by atoms with Crippen LogP contribution in [0.25, 0.3) is 17.5 Å². The maximum Gasteiger partial charge on any atom is 0.342 e. The highest BCUT2D eigenvalue weighted by Gasteiger charge is 2.19. The number of aromatic nitrogens is 3. The van der Waals surface area contributed by atoms with Crippen molar-refractivity contribution in [2.24, 2.45) is 0 Å². The molecule has 39 heavy (non-hydrogen) atoms. The van der Waals surface area contributed by atoms with Gasteiger partial charge in [-0.05, 0) is 95.4 Å². The van der Waals surface area contributed by atoms with Gasteiger partial charge in [-0.25, -0.2) is 4.79 Å². The molecule has 4 rings (SSSR count). The molecular formula is C28H22ClIN4O4S. The molecule has 0 atom stereocenters. The number of benzene rings is 3. The Morgan fingerprint density at radius 1 is 1.21 bits per heavy atom. The second-order valence-electron chi connectivity index (χ2n) is 8.06. The summed E-state index contributed by atoms with van der Waals surface area (Å²) in [7, 11) is 1.52. The number of carbonyl (C=O) groups is 1. The predicted octanol–water partition coefficient (Wildman–Crippen LogP) is 6.90. The van der Waals surface area contributed by atoms with Gasteiger partial charge >= 0.3 is 5.97 Å². The number of nitriles is 1. The summed E-state index contributed by atoms with van der Waals surface area (Å²) in [6.07, 6.45) is 1.56. The zero-order valence-electron chi connectivity index (χ0n) is 20.9. The highest BCUT2D eigenvalue weighted by Crippen LogP contribution is 2.37. The monoisotopic (exact) mass is 672 g/mol. The smallest absolute Gasteiger partial charge is 0.342 e. The molecule has 11 heteroatoms. The molecule has 0 saturated heterocycles. The number of carboxylic acid groups (broad SMARTS) is 1. The van der Waals surface area contributed by atoms with E-state index >= 15 is 0 Å². The van der Waals surface area contributed by atoms with Gasteiger partial charge in [0.15, 0.2) is 22.5 Å². The lowest BCUT2D eigenvalue weighted by Crippen LogP contribution is -2.03. The van der Waals surface area contributed by atoms with Gasteiger partial charge in [0.25, 0.3) is 0 Å². The highest BCUT2D eigenvalue weighted by atomic mass is 127. The maximum atomic E-state index is 12.2. The van der Waals surface area contributed by atoms with Crippen LogP contribution in [0.2, 0.25) is 5.02 Å². The largest absolute Gasteiger partial charge is 0.493 e. The van der Waals surface area contributed by atoms with E-state index in [1.54, 1.807) is 36.4 Å². The fourth-order valence-electron chi connectivity index (χ4n) is 3.71. The van der Waals surface area contributed by atoms with Crippen molar-refractivity contribution in [2.45, 2.75) is 25.2 Å². The second-order valence-corrected chi connectivity index (χ2v) is 10.7. The number of thioether (sulfide) groups is 1. The Morgan fingerprint density at radius 3 is 2.62 bits per heavy atom. The van der Waals surface area contributed by atoms with Crippen LogP contribution in [-0.2, 0) is 17.9 Å². The van der Waals surface area contributed by atoms with Crippen molar-refractivity contribution in [3.63, 3.8) is 0 Å². The summed E-state index contributed by atoms with van der Waals surface area (Å²) in [5, 5.41) is 28.9. The molecule has 4 aromatic rings. The van der Waals surface area contributed by atoms with Crippen molar-refractivity contribution in [2.75, 3.05) is 7.11 Å². The van der Waals surface area contributed by atoms with Crippen molar-refractivity contribution >= 4 is 58.0 Å². The average molecular weight is 673 g/mol. The van der Waals surface area contributed by atoms with Crippen molar-refractivity contribution < 1.29 is 19.4 Å². The quantitative estimate of drug-likeness (QED) is 0.110. The summed E-state index contributed by atoms with van der Waals surface area (Å²) in [5.74, 6) is 0.475. The van der Waals surface area contributed by atoms with Gasteiger partial charge in [-0.3, -0.25) is 0 Å². The third-order valence-electron chi connectivity index (χ3n) is 5.61. The Labute approximate surface area is 248 Å². The molecule has 0 unspecified atom stereocenters. The van der Waals surface area contributed by atoms with Crippen LogP contribution in [-0.4, -0.2) is 33.0 Å². The summed E-state index contributed by atoms with van der Waals surface area (Å²) in [6, 6.07) is 20.1. The highest BCUT2D eigenvalue weighted by molar-refractivity contribution is 14.1. The number of methoxy groups -OCH3 is 1. The van der Waals surface area contributed by atoms with E-state index in [0.717, 1.165) is 26.5 Å². The molecule has 1 heterocycles. The van der Waals surface area contributed by atoms with Gasteiger partial charge in [0, 0.05) is 22.7 Å². The zero-order chi connectivity index (χ0) is 27.9. The minimum absolute atomic E-state index is 0.0641. The molecule has 0 aliphatic heterocycles. The SMILES string of the molecule is CCn1c(S/C(=C\c2cc(I)c(OCc3ccccc3C#N)c(OC)c2)C(=O)O)nnc1-c1ccc(Cl)cc1. The van der Waals surface area contributed by atoms with Crippen LogP contribution >= 0.6 is 46.0 Å². The number of hydrogen-bond donors (Lipinski definition) is 1. The van der Waals surface area contributed by atoms with Crippen LogP contribution in [0.5, 0.6) is 11.5 Å². The summed E-state index contributed by atoms with van der Waals surface area (Å²) in [4.78, 5) is 12.3. The fourth-order valence-corrected chi connectivity index (χ4v) is 5.51. The molecule has 8 nitrogen and oxygen atoms in total. The number of ether oxygens (including phenoxy) is 2. The summed E-state index contributed by atoms with van der Waals surface area (Å²) in [6.45, 7) is 2.68. The first-order valence-corrected chi connectivity index (χ1v) is 13.9. The molecule has 0 aliphatic rings. The molecule has 0 aliphatic carbocycles. The number of hydrogen-bond acceptors (Lipinski definition) is 7. The van der Waals surface area contributed by atoms with Crippen LogP contribution < -0.4 is 9.47 Å². The van der Waals surface area contributed by atoms with Gasteiger partial charge in [-0.15, -0.1) is 10.2 Å². The lowest BCUT2D eigenvalue weighted by atomic mass is 10.1. The Morgan fingerprint density at radius 2 is 1.95 bits per heavy atom. The Hall–Kier alpha value is -3.53. The topological polar surface area (TPSA) is 110 Å². The summed E-state index contributed by atoms with van der Waals surface area (Å²) < 4.78 is 14.2. The van der Waals surface area contributed by atoms with E-state index in [1.807, 2.05) is 41.8 Å². The Bertz CT molecular complexity index is 1580. The molecule has 0 bridgehead atoms. The summed E-state index contributed by atoms with van der Waals surface area (Å²) >= 11 is 9.14. The third kappa shape index (κ3) is 6.73. The van der Waals surface area contributed by atoms with Crippen LogP contribution in [0.3, 0.4) is 0 Å². The molecule has 0 amide bonds. The first kappa shape index (κ1) is 28.5. The van der Waals surface area contributed by atoms with E-state index in [0.29, 0.717) is 45.2 Å². The molecule has 198 valence electrons. The van der Waals surface area contributed by atoms with Crippen LogP contribution in [0.15, 0.2) is 70.7 Å². The molecule has 1 aromatic heterocycles. The zero-order valence-corrected chi connectivity index (χ0v) is 24.6. The van der Waals surface area contributed by atoms with E-state index < -0.39 is 5.97 Å². The van der Waals surface area contributed by atoms with Crippen LogP contribution in [0.1, 0.15) is 23.6 Å². The Kier molecular flexibility index (Phi) is 9.50. The first-order chi connectivity index (χ1) is 18.8. The summed E-state index contributed by atoms with van der Waals surface area (Å²) in [5.41, 5.74) is 2.73. The third-order valence-corrected chi connectivity index (χ3v) is 7.66. The number of carboxylic acids is 1. The van der Waals surface area contributed by atoms with Gasteiger partial charge in [0.05, 0.1) is 22.3 Å². The second kappa shape index (κ2) is 13.0. The fraction of sp³-hybridized carbons (Fsp3) is 0.143. The lowest BCUT2D eigenvalue weighted by molar-refractivity contribution is -0.131. The van der Waals surface area contributed by atoms with E-state index in [2.05, 4.69) is 38.9 Å². The van der Waals surface area contributed by atoms with Crippen molar-refractivity contribution in [3.05, 3.63) is 90.9 Å². The van der Waals surface area contributed by atoms with Gasteiger partial charge < -0.3 is 19.1 Å². The predicted molar refractivity (Wildman–Crippen MR) is 159 cm³/mol. The van der Waals surface area contributed by atoms with Gasteiger partial charge in [-0.1, -0.05) is 29.8 Å². The van der Waals surface area contributed by atoms with E-state index in [9.17, 15) is 15.2 Å². The first-order valence-electron chi connectivity index (χ1n) is 11.6. The molecular weight excluding hydrogens is 651 g/mol. The van der Waals surface area contributed by atoms with Crippen molar-refractivity contribution in [3.8, 4) is 29.0 Å². The lowest BCUT2D eigenvalue weighted by Gasteiger charge is -2.14. The molecule has 0 fully saturated rings. The van der Waals surface area contributed by atoms with Gasteiger partial charge in [0.2, 0.25) is 0 Å². The number of halogens is 2. The van der Waals surface area contributed by atoms with Crippen molar-refractivity contribution in [1.82, 2.24) is 14.8 Å². The van der Waals surface area contributed by atoms with E-state index in [-0.39, 0.29) is 11.5 Å². The standard InChI is InChI=1S/C28H22ClIN4O4S/c1-3-34-26(18-8-10-21(29)11-9-18)32-33-28(34)39-24(27(35)36)14-17-12-22(30)25(23(13-17)37-2)38-16-20-7-5-4-6-19(20)15-31/h4-14H,3,16H2,1-2H3,(H,35,36)/b24-14-. The van der Waals surface area contributed by atoms with E-state index in [1.165, 1.54) is 7.11 Å². The number of nitrogens with zero attached hydrogens (tertiary/aromatic N) is 4. The van der Waals surface area contributed by atoms with Crippen LogP contribution in [0, 0.1) is 14.9 Å².